The molecule has 66 valence electrons. The Bertz CT molecular complexity index is 214. The van der Waals surface area contributed by atoms with Crippen LogP contribution < -0.4 is 10.6 Å². The molecule has 0 fully saturated rings. The SMILES string of the molecule is CNCc1cccc(CNC)n1. The van der Waals surface area contributed by atoms with E-state index in [0.717, 1.165) is 24.5 Å². The van der Waals surface area contributed by atoms with Crippen LogP contribution in [0.25, 0.3) is 0 Å². The van der Waals surface area contributed by atoms with Crippen LogP contribution >= 0.6 is 0 Å². The van der Waals surface area contributed by atoms with Gasteiger partial charge in [0.15, 0.2) is 0 Å². The first-order valence-electron chi connectivity index (χ1n) is 4.11. The number of nitrogens with zero attached hydrogens (tertiary/aromatic N) is 1. The van der Waals surface area contributed by atoms with Gasteiger partial charge >= 0.3 is 0 Å². The number of pyridine rings is 1. The van der Waals surface area contributed by atoms with E-state index in [2.05, 4.69) is 15.6 Å². The summed E-state index contributed by atoms with van der Waals surface area (Å²) in [5.41, 5.74) is 2.18. The molecule has 0 aliphatic carbocycles. The fraction of sp³-hybridized carbons (Fsp3) is 0.444. The van der Waals surface area contributed by atoms with Gasteiger partial charge in [-0.3, -0.25) is 4.98 Å². The highest BCUT2D eigenvalue weighted by Crippen LogP contribution is 1.98. The maximum absolute atomic E-state index is 4.43. The summed E-state index contributed by atoms with van der Waals surface area (Å²) >= 11 is 0. The van der Waals surface area contributed by atoms with E-state index in [4.69, 9.17) is 0 Å². The van der Waals surface area contributed by atoms with Crippen LogP contribution in [0.4, 0.5) is 0 Å². The summed E-state index contributed by atoms with van der Waals surface area (Å²) < 4.78 is 0. The van der Waals surface area contributed by atoms with Crippen LogP contribution in [0.3, 0.4) is 0 Å². The predicted molar refractivity (Wildman–Crippen MR) is 49.8 cm³/mol. The van der Waals surface area contributed by atoms with Crippen molar-refractivity contribution in [2.45, 2.75) is 13.1 Å². The molecule has 0 amide bonds. The van der Waals surface area contributed by atoms with E-state index >= 15 is 0 Å². The molecule has 3 nitrogen and oxygen atoms in total. The van der Waals surface area contributed by atoms with Crippen LogP contribution in [-0.4, -0.2) is 19.1 Å². The lowest BCUT2D eigenvalue weighted by molar-refractivity contribution is 0.750. The fourth-order valence-electron chi connectivity index (χ4n) is 1.09. The molecule has 2 N–H and O–H groups in total. The molecule has 0 saturated carbocycles. The van der Waals surface area contributed by atoms with Crippen LogP contribution in [0.15, 0.2) is 18.2 Å². The molecule has 12 heavy (non-hydrogen) atoms. The third-order valence-corrected chi connectivity index (χ3v) is 1.58. The van der Waals surface area contributed by atoms with E-state index in [9.17, 15) is 0 Å². The van der Waals surface area contributed by atoms with Gasteiger partial charge in [-0.2, -0.15) is 0 Å². The van der Waals surface area contributed by atoms with Crippen LogP contribution in [0, 0.1) is 0 Å². The topological polar surface area (TPSA) is 37.0 Å². The molecule has 0 atom stereocenters. The van der Waals surface area contributed by atoms with Gasteiger partial charge in [0.2, 0.25) is 0 Å². The third-order valence-electron chi connectivity index (χ3n) is 1.58. The Hall–Kier alpha value is -0.930. The van der Waals surface area contributed by atoms with Gasteiger partial charge in [0.05, 0.1) is 11.4 Å². The van der Waals surface area contributed by atoms with Crippen molar-refractivity contribution < 1.29 is 0 Å². The Labute approximate surface area is 73.2 Å². The lowest BCUT2D eigenvalue weighted by atomic mass is 10.3. The minimum Gasteiger partial charge on any atom is -0.314 e. The van der Waals surface area contributed by atoms with Gasteiger partial charge in [-0.05, 0) is 26.2 Å². The third kappa shape index (κ3) is 2.60. The first-order valence-corrected chi connectivity index (χ1v) is 4.11. The highest BCUT2D eigenvalue weighted by atomic mass is 14.9. The molecule has 1 aromatic heterocycles. The van der Waals surface area contributed by atoms with Gasteiger partial charge in [0.25, 0.3) is 0 Å². The van der Waals surface area contributed by atoms with Crippen molar-refractivity contribution >= 4 is 0 Å². The average Bonchev–Trinajstić information content (AvgIpc) is 2.06. The molecule has 1 heterocycles. The van der Waals surface area contributed by atoms with E-state index in [-0.39, 0.29) is 0 Å². The molecular formula is C9H15N3. The zero-order valence-electron chi connectivity index (χ0n) is 7.59. The minimum absolute atomic E-state index is 0.831. The van der Waals surface area contributed by atoms with E-state index in [0.29, 0.717) is 0 Å². The van der Waals surface area contributed by atoms with E-state index in [1.807, 2.05) is 32.3 Å². The molecule has 0 aromatic carbocycles. The van der Waals surface area contributed by atoms with Crippen LogP contribution in [0.2, 0.25) is 0 Å². The van der Waals surface area contributed by atoms with Crippen LogP contribution in [0.5, 0.6) is 0 Å². The van der Waals surface area contributed by atoms with Crippen molar-refractivity contribution in [3.63, 3.8) is 0 Å². The molecule has 0 bridgehead atoms. The quantitative estimate of drug-likeness (QED) is 0.683. The Morgan fingerprint density at radius 2 is 1.58 bits per heavy atom. The zero-order valence-corrected chi connectivity index (χ0v) is 7.59. The smallest absolute Gasteiger partial charge is 0.0545 e. The normalized spacial score (nSPS) is 10.2. The summed E-state index contributed by atoms with van der Waals surface area (Å²) in [5.74, 6) is 0. The Balaban J connectivity index is 2.67. The second kappa shape index (κ2) is 4.85. The monoisotopic (exact) mass is 165 g/mol. The maximum atomic E-state index is 4.43. The van der Waals surface area contributed by atoms with Crippen molar-refractivity contribution in [2.24, 2.45) is 0 Å². The molecule has 0 saturated heterocycles. The molecule has 0 spiro atoms. The Kier molecular flexibility index (Phi) is 3.70. The van der Waals surface area contributed by atoms with Gasteiger partial charge in [-0.1, -0.05) is 6.07 Å². The zero-order chi connectivity index (χ0) is 8.81. The number of hydrogen-bond acceptors (Lipinski definition) is 3. The largest absolute Gasteiger partial charge is 0.314 e. The average molecular weight is 165 g/mol. The summed E-state index contributed by atoms with van der Waals surface area (Å²) in [6, 6.07) is 6.08. The first-order chi connectivity index (χ1) is 5.86. The van der Waals surface area contributed by atoms with E-state index in [1.165, 1.54) is 0 Å². The molecule has 1 rings (SSSR count). The van der Waals surface area contributed by atoms with Gasteiger partial charge in [0, 0.05) is 13.1 Å². The lowest BCUT2D eigenvalue weighted by Gasteiger charge is -2.02. The van der Waals surface area contributed by atoms with Gasteiger partial charge < -0.3 is 10.6 Å². The first kappa shape index (κ1) is 9.16. The van der Waals surface area contributed by atoms with Crippen LogP contribution in [-0.2, 0) is 13.1 Å². The molecule has 3 heteroatoms. The summed E-state index contributed by atoms with van der Waals surface area (Å²) in [7, 11) is 3.85. The minimum atomic E-state index is 0.831. The van der Waals surface area contributed by atoms with Crippen molar-refractivity contribution in [3.05, 3.63) is 29.6 Å². The molecule has 0 aliphatic rings. The molecule has 0 aliphatic heterocycles. The van der Waals surface area contributed by atoms with Crippen LogP contribution in [0.1, 0.15) is 11.4 Å². The Morgan fingerprint density at radius 3 is 2.00 bits per heavy atom. The van der Waals surface area contributed by atoms with E-state index < -0.39 is 0 Å². The molecule has 0 unspecified atom stereocenters. The summed E-state index contributed by atoms with van der Waals surface area (Å²) in [6.07, 6.45) is 0. The highest BCUT2D eigenvalue weighted by molar-refractivity contribution is 5.10. The van der Waals surface area contributed by atoms with Gasteiger partial charge in [-0.25, -0.2) is 0 Å². The summed E-state index contributed by atoms with van der Waals surface area (Å²) in [4.78, 5) is 4.43. The van der Waals surface area contributed by atoms with Crippen molar-refractivity contribution in [1.29, 1.82) is 0 Å². The van der Waals surface area contributed by atoms with Gasteiger partial charge in [0.1, 0.15) is 0 Å². The second-order valence-corrected chi connectivity index (χ2v) is 2.68. The fourth-order valence-corrected chi connectivity index (χ4v) is 1.09. The van der Waals surface area contributed by atoms with E-state index in [1.54, 1.807) is 0 Å². The lowest BCUT2D eigenvalue weighted by Crippen LogP contribution is -2.11. The summed E-state index contributed by atoms with van der Waals surface area (Å²) in [5, 5.41) is 6.14. The molecule has 1 aromatic rings. The standard InChI is InChI=1S/C9H15N3/c1-10-6-8-4-3-5-9(12-8)7-11-2/h3-5,10-11H,6-7H2,1-2H3. The van der Waals surface area contributed by atoms with Gasteiger partial charge in [-0.15, -0.1) is 0 Å². The predicted octanol–water partition coefficient (Wildman–Crippen LogP) is 0.520. The van der Waals surface area contributed by atoms with Crippen molar-refractivity contribution in [2.75, 3.05) is 14.1 Å². The number of nitrogens with one attached hydrogen (secondary N) is 2. The van der Waals surface area contributed by atoms with Crippen molar-refractivity contribution in [1.82, 2.24) is 15.6 Å². The summed E-state index contributed by atoms with van der Waals surface area (Å²) in [6.45, 7) is 1.66. The number of hydrogen-bond donors (Lipinski definition) is 2. The number of aromatic nitrogens is 1. The maximum Gasteiger partial charge on any atom is 0.0545 e. The second-order valence-electron chi connectivity index (χ2n) is 2.68. The van der Waals surface area contributed by atoms with Crippen molar-refractivity contribution in [3.8, 4) is 0 Å². The highest BCUT2D eigenvalue weighted by Gasteiger charge is 1.94. The Morgan fingerprint density at radius 1 is 1.08 bits per heavy atom. The molecular weight excluding hydrogens is 150 g/mol. The molecule has 0 radical (unpaired) electrons. The number of rotatable bonds is 4.